The Bertz CT molecular complexity index is 794. The topological polar surface area (TPSA) is 68.5 Å². The zero-order valence-corrected chi connectivity index (χ0v) is 10.6. The summed E-state index contributed by atoms with van der Waals surface area (Å²) < 4.78 is 54.3. The Kier molecular flexibility index (Phi) is 3.41. The highest BCUT2D eigenvalue weighted by atomic mass is 19.2. The van der Waals surface area contributed by atoms with E-state index in [2.05, 4.69) is 25.4 Å². The fourth-order valence-corrected chi connectivity index (χ4v) is 1.65. The molecule has 0 spiro atoms. The molecular formula is C12H6F4N6. The molecule has 22 heavy (non-hydrogen) atoms. The van der Waals surface area contributed by atoms with Gasteiger partial charge in [0.05, 0.1) is 18.1 Å². The van der Waals surface area contributed by atoms with E-state index in [-0.39, 0.29) is 11.6 Å². The van der Waals surface area contributed by atoms with Crippen molar-refractivity contribution in [1.82, 2.24) is 24.7 Å². The molecule has 0 fully saturated rings. The molecule has 0 radical (unpaired) electrons. The molecule has 0 bridgehead atoms. The quantitative estimate of drug-likeness (QED) is 0.594. The van der Waals surface area contributed by atoms with Crippen molar-refractivity contribution in [3.8, 4) is 5.95 Å². The van der Waals surface area contributed by atoms with Crippen molar-refractivity contribution in [1.29, 1.82) is 0 Å². The SMILES string of the molecule is Fc1nc(F)c(F)c(Nc2cnn(-c3ncccn3)c2)c1F. The van der Waals surface area contributed by atoms with Crippen molar-refractivity contribution in [2.75, 3.05) is 5.32 Å². The largest absolute Gasteiger partial charge is 0.348 e. The predicted octanol–water partition coefficient (Wildman–Crippen LogP) is 2.36. The van der Waals surface area contributed by atoms with Gasteiger partial charge in [0, 0.05) is 12.4 Å². The number of aromatic nitrogens is 5. The third-order valence-corrected chi connectivity index (χ3v) is 2.61. The summed E-state index contributed by atoms with van der Waals surface area (Å²) in [6.07, 6.45) is 5.43. The molecule has 0 aromatic carbocycles. The molecule has 3 rings (SSSR count). The lowest BCUT2D eigenvalue weighted by Crippen LogP contribution is -2.05. The van der Waals surface area contributed by atoms with Crippen LogP contribution in [0.5, 0.6) is 0 Å². The van der Waals surface area contributed by atoms with Gasteiger partial charge in [0.25, 0.3) is 11.9 Å². The second-order valence-electron chi connectivity index (χ2n) is 4.04. The van der Waals surface area contributed by atoms with Crippen LogP contribution in [-0.4, -0.2) is 24.7 Å². The first-order valence-corrected chi connectivity index (χ1v) is 5.85. The maximum atomic E-state index is 13.5. The minimum atomic E-state index is -1.75. The number of nitrogens with zero attached hydrogens (tertiary/aromatic N) is 5. The number of halogens is 4. The Hall–Kier alpha value is -3.04. The van der Waals surface area contributed by atoms with Gasteiger partial charge in [-0.2, -0.15) is 27.6 Å². The number of hydrogen-bond acceptors (Lipinski definition) is 5. The average Bonchev–Trinajstić information content (AvgIpc) is 2.99. The minimum absolute atomic E-state index is 0.0789. The number of pyridine rings is 1. The van der Waals surface area contributed by atoms with E-state index in [4.69, 9.17) is 0 Å². The molecule has 6 nitrogen and oxygen atoms in total. The third-order valence-electron chi connectivity index (χ3n) is 2.61. The lowest BCUT2D eigenvalue weighted by atomic mass is 10.3. The zero-order chi connectivity index (χ0) is 15.7. The molecule has 112 valence electrons. The van der Waals surface area contributed by atoms with E-state index in [0.29, 0.717) is 0 Å². The Morgan fingerprint density at radius 3 is 2.23 bits per heavy atom. The number of nitrogens with one attached hydrogen (secondary N) is 1. The van der Waals surface area contributed by atoms with Crippen LogP contribution >= 0.6 is 0 Å². The first-order valence-electron chi connectivity index (χ1n) is 5.85. The molecule has 0 atom stereocenters. The van der Waals surface area contributed by atoms with E-state index in [1.807, 2.05) is 0 Å². The van der Waals surface area contributed by atoms with Crippen LogP contribution in [0.25, 0.3) is 5.95 Å². The molecule has 0 saturated carbocycles. The summed E-state index contributed by atoms with van der Waals surface area (Å²) in [7, 11) is 0. The fourth-order valence-electron chi connectivity index (χ4n) is 1.65. The van der Waals surface area contributed by atoms with Gasteiger partial charge in [-0.15, -0.1) is 0 Å². The molecule has 3 aromatic heterocycles. The Labute approximate surface area is 120 Å². The van der Waals surface area contributed by atoms with Crippen molar-refractivity contribution in [3.63, 3.8) is 0 Å². The molecular weight excluding hydrogens is 304 g/mol. The van der Waals surface area contributed by atoms with Crippen LogP contribution in [-0.2, 0) is 0 Å². The summed E-state index contributed by atoms with van der Waals surface area (Å²) in [5, 5.41) is 6.07. The van der Waals surface area contributed by atoms with Crippen LogP contribution < -0.4 is 5.32 Å². The maximum Gasteiger partial charge on any atom is 0.253 e. The maximum absolute atomic E-state index is 13.5. The highest BCUT2D eigenvalue weighted by molar-refractivity contribution is 5.59. The minimum Gasteiger partial charge on any atom is -0.348 e. The highest BCUT2D eigenvalue weighted by Gasteiger charge is 2.21. The summed E-state index contributed by atoms with van der Waals surface area (Å²) in [5.41, 5.74) is -0.922. The predicted molar refractivity (Wildman–Crippen MR) is 66.5 cm³/mol. The Balaban J connectivity index is 1.94. The Morgan fingerprint density at radius 1 is 0.955 bits per heavy atom. The molecule has 3 heterocycles. The Morgan fingerprint density at radius 2 is 1.59 bits per heavy atom. The van der Waals surface area contributed by atoms with Crippen molar-refractivity contribution >= 4 is 11.4 Å². The zero-order valence-electron chi connectivity index (χ0n) is 10.6. The van der Waals surface area contributed by atoms with Gasteiger partial charge in [-0.05, 0) is 6.07 Å². The van der Waals surface area contributed by atoms with Crippen LogP contribution in [0.1, 0.15) is 0 Å². The van der Waals surface area contributed by atoms with Crippen molar-refractivity contribution in [2.24, 2.45) is 0 Å². The van der Waals surface area contributed by atoms with Gasteiger partial charge in [-0.25, -0.2) is 14.6 Å². The third kappa shape index (κ3) is 2.45. The second kappa shape index (κ2) is 5.39. The molecule has 0 aliphatic heterocycles. The van der Waals surface area contributed by atoms with Crippen molar-refractivity contribution in [2.45, 2.75) is 0 Å². The molecule has 3 aromatic rings. The monoisotopic (exact) mass is 310 g/mol. The number of hydrogen-bond donors (Lipinski definition) is 1. The highest BCUT2D eigenvalue weighted by Crippen LogP contribution is 2.25. The van der Waals surface area contributed by atoms with E-state index in [0.717, 1.165) is 0 Å². The summed E-state index contributed by atoms with van der Waals surface area (Å²) in [5.74, 6) is -6.56. The summed E-state index contributed by atoms with van der Waals surface area (Å²) in [4.78, 5) is 10.3. The second-order valence-corrected chi connectivity index (χ2v) is 4.04. The first kappa shape index (κ1) is 13.9. The summed E-state index contributed by atoms with van der Waals surface area (Å²) in [6.45, 7) is 0. The molecule has 0 saturated heterocycles. The van der Waals surface area contributed by atoms with Crippen LogP contribution in [0.4, 0.5) is 28.9 Å². The van der Waals surface area contributed by atoms with E-state index < -0.39 is 29.2 Å². The van der Waals surface area contributed by atoms with E-state index in [1.54, 1.807) is 6.07 Å². The van der Waals surface area contributed by atoms with Crippen LogP contribution in [0, 0.1) is 23.5 Å². The van der Waals surface area contributed by atoms with Gasteiger partial charge in [-0.3, -0.25) is 0 Å². The summed E-state index contributed by atoms with van der Waals surface area (Å²) >= 11 is 0. The molecule has 1 N–H and O–H groups in total. The standard InChI is InChI=1S/C12H6F4N6/c13-7-9(8(14)11(16)21-10(7)15)20-6-4-19-22(5-6)12-17-2-1-3-18-12/h1-5H,(H,20,21). The van der Waals surface area contributed by atoms with Gasteiger partial charge >= 0.3 is 0 Å². The van der Waals surface area contributed by atoms with E-state index in [1.165, 1.54) is 29.5 Å². The van der Waals surface area contributed by atoms with Gasteiger partial charge in [0.2, 0.25) is 17.6 Å². The number of rotatable bonds is 3. The number of anilines is 2. The summed E-state index contributed by atoms with van der Waals surface area (Å²) in [6, 6.07) is 1.60. The van der Waals surface area contributed by atoms with Crippen LogP contribution in [0.15, 0.2) is 30.9 Å². The van der Waals surface area contributed by atoms with Gasteiger partial charge in [0.1, 0.15) is 5.69 Å². The lowest BCUT2D eigenvalue weighted by Gasteiger charge is -2.07. The smallest absolute Gasteiger partial charge is 0.253 e. The molecule has 0 unspecified atom stereocenters. The lowest BCUT2D eigenvalue weighted by molar-refractivity contribution is 0.411. The van der Waals surface area contributed by atoms with Crippen molar-refractivity contribution < 1.29 is 17.6 Å². The fraction of sp³-hybridized carbons (Fsp3) is 0. The average molecular weight is 310 g/mol. The first-order chi connectivity index (χ1) is 10.6. The van der Waals surface area contributed by atoms with Crippen LogP contribution in [0.2, 0.25) is 0 Å². The molecule has 0 aliphatic rings. The molecule has 10 heteroatoms. The van der Waals surface area contributed by atoms with Gasteiger partial charge in [0.15, 0.2) is 0 Å². The van der Waals surface area contributed by atoms with Gasteiger partial charge in [-0.1, -0.05) is 0 Å². The van der Waals surface area contributed by atoms with Crippen molar-refractivity contribution in [3.05, 3.63) is 54.4 Å². The normalized spacial score (nSPS) is 10.7. The molecule has 0 amide bonds. The van der Waals surface area contributed by atoms with Gasteiger partial charge < -0.3 is 5.32 Å². The van der Waals surface area contributed by atoms with E-state index >= 15 is 0 Å². The van der Waals surface area contributed by atoms with Crippen LogP contribution in [0.3, 0.4) is 0 Å². The van der Waals surface area contributed by atoms with E-state index in [9.17, 15) is 17.6 Å². The molecule has 0 aliphatic carbocycles.